The highest BCUT2D eigenvalue weighted by Crippen LogP contribution is 2.39. The van der Waals surface area contributed by atoms with Gasteiger partial charge in [0.05, 0.1) is 20.8 Å². The third-order valence-electron chi connectivity index (χ3n) is 6.53. The van der Waals surface area contributed by atoms with E-state index in [2.05, 4.69) is 49.9 Å². The summed E-state index contributed by atoms with van der Waals surface area (Å²) < 4.78 is 17.1. The molecule has 1 aromatic heterocycles. The Morgan fingerprint density at radius 3 is 1.92 bits per heavy atom. The van der Waals surface area contributed by atoms with Crippen molar-refractivity contribution < 1.29 is 19.0 Å². The van der Waals surface area contributed by atoms with E-state index in [1.54, 1.807) is 14.2 Å². The molecule has 0 spiro atoms. The van der Waals surface area contributed by atoms with E-state index < -0.39 is 5.60 Å². The first-order chi connectivity index (χ1) is 17.8. The lowest BCUT2D eigenvalue weighted by molar-refractivity contribution is 0.0947. The molecule has 194 valence electrons. The van der Waals surface area contributed by atoms with Gasteiger partial charge in [0.25, 0.3) is 0 Å². The maximum absolute atomic E-state index is 12.2. The fourth-order valence-electron chi connectivity index (χ4n) is 4.76. The molecule has 0 radical (unpaired) electrons. The first kappa shape index (κ1) is 26.5. The van der Waals surface area contributed by atoms with Crippen LogP contribution >= 0.6 is 0 Å². The molecule has 1 N–H and O–H groups in total. The summed E-state index contributed by atoms with van der Waals surface area (Å²) in [5, 5.41) is 12.2. The van der Waals surface area contributed by atoms with Crippen molar-refractivity contribution in [2.75, 3.05) is 20.8 Å². The topological polar surface area (TPSA) is 55.1 Å². The molecule has 1 heterocycles. The zero-order valence-corrected chi connectivity index (χ0v) is 22.4. The SMILES string of the molecule is COc1ccc(C(O)(c2ccc(OC)cc2)c2ccc(CN(Cc3cccc(C)c3)CC(C)C)o2)cc1. The van der Waals surface area contributed by atoms with E-state index in [1.807, 2.05) is 60.7 Å². The van der Waals surface area contributed by atoms with Gasteiger partial charge in [-0.2, -0.15) is 0 Å². The van der Waals surface area contributed by atoms with E-state index >= 15 is 0 Å². The minimum atomic E-state index is -1.48. The molecule has 4 rings (SSSR count). The van der Waals surface area contributed by atoms with Gasteiger partial charge in [-0.15, -0.1) is 0 Å². The minimum Gasteiger partial charge on any atom is -0.497 e. The van der Waals surface area contributed by atoms with E-state index in [-0.39, 0.29) is 0 Å². The zero-order valence-electron chi connectivity index (χ0n) is 22.4. The van der Waals surface area contributed by atoms with Crippen molar-refractivity contribution in [3.63, 3.8) is 0 Å². The molecule has 0 aliphatic carbocycles. The highest BCUT2D eigenvalue weighted by Gasteiger charge is 2.37. The highest BCUT2D eigenvalue weighted by atomic mass is 16.5. The van der Waals surface area contributed by atoms with Crippen LogP contribution in [0.3, 0.4) is 0 Å². The third-order valence-corrected chi connectivity index (χ3v) is 6.53. The zero-order chi connectivity index (χ0) is 26.4. The van der Waals surface area contributed by atoms with Gasteiger partial charge in [-0.3, -0.25) is 4.90 Å². The van der Waals surface area contributed by atoms with Gasteiger partial charge < -0.3 is 19.0 Å². The van der Waals surface area contributed by atoms with Gasteiger partial charge in [-0.05, 0) is 65.9 Å². The van der Waals surface area contributed by atoms with Crippen LogP contribution in [0.2, 0.25) is 0 Å². The summed E-state index contributed by atoms with van der Waals surface area (Å²) in [7, 11) is 3.26. The number of furan rings is 1. The van der Waals surface area contributed by atoms with Crippen LogP contribution < -0.4 is 9.47 Å². The van der Waals surface area contributed by atoms with Crippen molar-refractivity contribution in [3.8, 4) is 11.5 Å². The number of methoxy groups -OCH3 is 2. The quantitative estimate of drug-likeness (QED) is 0.254. The number of nitrogens with zero attached hydrogens (tertiary/aromatic N) is 1. The number of hydrogen-bond donors (Lipinski definition) is 1. The van der Waals surface area contributed by atoms with Crippen LogP contribution in [-0.4, -0.2) is 30.8 Å². The maximum Gasteiger partial charge on any atom is 0.173 e. The molecular weight excluding hydrogens is 462 g/mol. The molecule has 3 aromatic carbocycles. The largest absolute Gasteiger partial charge is 0.497 e. The predicted octanol–water partition coefficient (Wildman–Crippen LogP) is 6.55. The monoisotopic (exact) mass is 499 g/mol. The number of aryl methyl sites for hydroxylation is 1. The number of rotatable bonds is 11. The molecule has 0 aliphatic heterocycles. The molecule has 4 aromatic rings. The summed E-state index contributed by atoms with van der Waals surface area (Å²) in [4.78, 5) is 2.39. The average molecular weight is 500 g/mol. The standard InChI is InChI=1S/C32H37NO4/c1-23(2)20-33(21-25-8-6-7-24(3)19-25)22-30-17-18-31(37-30)32(34,26-9-13-28(35-4)14-10-26)27-11-15-29(36-5)16-12-27/h6-19,23,34H,20-22H2,1-5H3. The van der Waals surface area contributed by atoms with Crippen LogP contribution in [0.4, 0.5) is 0 Å². The Bertz CT molecular complexity index is 1230. The van der Waals surface area contributed by atoms with E-state index in [9.17, 15) is 5.11 Å². The van der Waals surface area contributed by atoms with Crippen molar-refractivity contribution >= 4 is 0 Å². The van der Waals surface area contributed by atoms with Gasteiger partial charge in [0.2, 0.25) is 0 Å². The molecule has 0 fully saturated rings. The maximum atomic E-state index is 12.2. The van der Waals surface area contributed by atoms with Crippen molar-refractivity contribution in [1.29, 1.82) is 0 Å². The van der Waals surface area contributed by atoms with Crippen LogP contribution in [-0.2, 0) is 18.7 Å². The fraction of sp³-hybridized carbons (Fsp3) is 0.312. The Balaban J connectivity index is 1.67. The van der Waals surface area contributed by atoms with Gasteiger partial charge in [0.15, 0.2) is 5.60 Å². The molecule has 37 heavy (non-hydrogen) atoms. The first-order valence-corrected chi connectivity index (χ1v) is 12.7. The molecule has 0 aliphatic rings. The van der Waals surface area contributed by atoms with E-state index in [0.717, 1.165) is 30.3 Å². The van der Waals surface area contributed by atoms with Crippen molar-refractivity contribution in [2.45, 2.75) is 39.5 Å². The van der Waals surface area contributed by atoms with Crippen molar-refractivity contribution in [2.24, 2.45) is 5.92 Å². The molecular formula is C32H37NO4. The average Bonchev–Trinajstić information content (AvgIpc) is 3.37. The Kier molecular flexibility index (Phi) is 8.37. The van der Waals surface area contributed by atoms with Crippen molar-refractivity contribution in [1.82, 2.24) is 4.90 Å². The fourth-order valence-corrected chi connectivity index (χ4v) is 4.76. The number of ether oxygens (including phenoxy) is 2. The van der Waals surface area contributed by atoms with E-state index in [1.165, 1.54) is 11.1 Å². The summed E-state index contributed by atoms with van der Waals surface area (Å²) >= 11 is 0. The molecule has 0 unspecified atom stereocenters. The lowest BCUT2D eigenvalue weighted by Gasteiger charge is -2.28. The van der Waals surface area contributed by atoms with Crippen LogP contribution in [0, 0.1) is 12.8 Å². The minimum absolute atomic E-state index is 0.470. The molecule has 0 amide bonds. The van der Waals surface area contributed by atoms with Crippen LogP contribution in [0.15, 0.2) is 89.3 Å². The molecule has 0 atom stereocenters. The molecule has 0 saturated carbocycles. The lowest BCUT2D eigenvalue weighted by atomic mass is 9.84. The number of aliphatic hydroxyl groups is 1. The second-order valence-corrected chi connectivity index (χ2v) is 9.99. The second kappa shape index (κ2) is 11.7. The summed E-state index contributed by atoms with van der Waals surface area (Å²) in [5.74, 6) is 3.24. The molecule has 0 saturated heterocycles. The molecule has 0 bridgehead atoms. The normalized spacial score (nSPS) is 11.8. The Morgan fingerprint density at radius 2 is 1.41 bits per heavy atom. The summed E-state index contributed by atoms with van der Waals surface area (Å²) in [6.45, 7) is 8.98. The van der Waals surface area contributed by atoms with Crippen LogP contribution in [0.25, 0.3) is 0 Å². The van der Waals surface area contributed by atoms with Gasteiger partial charge in [0, 0.05) is 13.1 Å². The Labute approximate surface area is 220 Å². The molecule has 5 nitrogen and oxygen atoms in total. The van der Waals surface area contributed by atoms with Crippen LogP contribution in [0.5, 0.6) is 11.5 Å². The number of hydrogen-bond acceptors (Lipinski definition) is 5. The van der Waals surface area contributed by atoms with E-state index in [0.29, 0.717) is 29.3 Å². The third kappa shape index (κ3) is 6.24. The second-order valence-electron chi connectivity index (χ2n) is 9.99. The van der Waals surface area contributed by atoms with Gasteiger partial charge in [-0.1, -0.05) is 67.9 Å². The number of benzene rings is 3. The van der Waals surface area contributed by atoms with Crippen LogP contribution in [0.1, 0.15) is 47.6 Å². The van der Waals surface area contributed by atoms with Gasteiger partial charge in [0.1, 0.15) is 23.0 Å². The first-order valence-electron chi connectivity index (χ1n) is 12.7. The lowest BCUT2D eigenvalue weighted by Crippen LogP contribution is -2.28. The summed E-state index contributed by atoms with van der Waals surface area (Å²) in [5.41, 5.74) is 2.44. The summed E-state index contributed by atoms with van der Waals surface area (Å²) in [6.07, 6.45) is 0. The summed E-state index contributed by atoms with van der Waals surface area (Å²) in [6, 6.07) is 27.3. The Hall–Kier alpha value is -3.54. The predicted molar refractivity (Wildman–Crippen MR) is 147 cm³/mol. The highest BCUT2D eigenvalue weighted by molar-refractivity contribution is 5.46. The van der Waals surface area contributed by atoms with Gasteiger partial charge in [-0.25, -0.2) is 0 Å². The van der Waals surface area contributed by atoms with E-state index in [4.69, 9.17) is 13.9 Å². The molecule has 5 heteroatoms. The smallest absolute Gasteiger partial charge is 0.173 e. The Morgan fingerprint density at radius 1 is 0.811 bits per heavy atom. The van der Waals surface area contributed by atoms with Gasteiger partial charge >= 0.3 is 0 Å². The van der Waals surface area contributed by atoms with Crippen molar-refractivity contribution in [3.05, 3.63) is 119 Å².